The maximum Gasteiger partial charge on any atom is 0.254 e. The predicted molar refractivity (Wildman–Crippen MR) is 106 cm³/mol. The topological polar surface area (TPSA) is 79.7 Å². The number of benzene rings is 1. The van der Waals surface area contributed by atoms with Crippen molar-refractivity contribution in [1.82, 2.24) is 19.4 Å². The Morgan fingerprint density at radius 2 is 2.11 bits per heavy atom. The average molecular weight is 385 g/mol. The van der Waals surface area contributed by atoms with Crippen LogP contribution in [0.1, 0.15) is 23.2 Å². The molecule has 1 aromatic heterocycles. The van der Waals surface area contributed by atoms with Gasteiger partial charge in [-0.1, -0.05) is 0 Å². The van der Waals surface area contributed by atoms with E-state index in [1.54, 1.807) is 7.11 Å². The normalized spacial score (nSPS) is 22.0. The molecule has 0 saturated carbocycles. The summed E-state index contributed by atoms with van der Waals surface area (Å²) in [6.45, 7) is 2.36. The van der Waals surface area contributed by atoms with Crippen molar-refractivity contribution in [1.29, 1.82) is 0 Å². The molecular formula is C20H27N5O3. The quantitative estimate of drug-likeness (QED) is 0.786. The second-order valence-electron chi connectivity index (χ2n) is 7.70. The fourth-order valence-corrected chi connectivity index (χ4v) is 4.26. The number of methoxy groups -OCH3 is 1. The summed E-state index contributed by atoms with van der Waals surface area (Å²) in [4.78, 5) is 33.8. The van der Waals surface area contributed by atoms with E-state index in [1.165, 1.54) is 0 Å². The number of piperidine rings is 1. The Hall–Kier alpha value is -2.61. The number of rotatable bonds is 5. The van der Waals surface area contributed by atoms with E-state index in [1.807, 2.05) is 46.7 Å². The first-order valence-electron chi connectivity index (χ1n) is 9.75. The van der Waals surface area contributed by atoms with Crippen molar-refractivity contribution in [2.45, 2.75) is 18.9 Å². The largest absolute Gasteiger partial charge is 0.383 e. The van der Waals surface area contributed by atoms with Crippen LogP contribution < -0.4 is 5.32 Å². The number of carbonyl (C=O) groups is 2. The Morgan fingerprint density at radius 3 is 2.89 bits per heavy atom. The fourth-order valence-electron chi connectivity index (χ4n) is 4.26. The first kappa shape index (κ1) is 18.7. The molecule has 3 saturated heterocycles. The second-order valence-corrected chi connectivity index (χ2v) is 7.70. The Bertz CT molecular complexity index is 909. The zero-order valence-electron chi connectivity index (χ0n) is 16.6. The van der Waals surface area contributed by atoms with Gasteiger partial charge in [-0.2, -0.15) is 0 Å². The number of imidazole rings is 1. The molecule has 1 aromatic carbocycles. The third-order valence-electron chi connectivity index (χ3n) is 5.97. The highest BCUT2D eigenvalue weighted by atomic mass is 16.5. The van der Waals surface area contributed by atoms with E-state index >= 15 is 0 Å². The van der Waals surface area contributed by atoms with Gasteiger partial charge >= 0.3 is 0 Å². The minimum Gasteiger partial charge on any atom is -0.383 e. The standard InChI is InChI=1S/C20H27N5O3/c1-23-15-6-4-14(18(23)26)11-25(12-15)19(27)13-5-7-17-16(10-13)22-20(24(17)2)21-8-9-28-3/h5,7,10,14-15H,4,6,8-9,11-12H2,1-3H3,(H,21,22)/t14-,15+/m0/s1. The van der Waals surface area contributed by atoms with Gasteiger partial charge in [-0.25, -0.2) is 4.98 Å². The van der Waals surface area contributed by atoms with E-state index in [2.05, 4.69) is 10.3 Å². The number of amides is 2. The Morgan fingerprint density at radius 1 is 1.29 bits per heavy atom. The summed E-state index contributed by atoms with van der Waals surface area (Å²) in [5, 5.41) is 3.24. The summed E-state index contributed by atoms with van der Waals surface area (Å²) in [6, 6.07) is 5.74. The van der Waals surface area contributed by atoms with Crippen molar-refractivity contribution in [3.05, 3.63) is 23.8 Å². The van der Waals surface area contributed by atoms with Crippen molar-refractivity contribution in [3.8, 4) is 0 Å². The van der Waals surface area contributed by atoms with Gasteiger partial charge in [0, 0.05) is 52.4 Å². The molecule has 0 spiro atoms. The lowest BCUT2D eigenvalue weighted by atomic mass is 9.95. The zero-order chi connectivity index (χ0) is 19.8. The molecule has 0 unspecified atom stereocenters. The molecule has 3 aliphatic heterocycles. The Balaban J connectivity index is 1.57. The molecule has 1 N–H and O–H groups in total. The molecule has 3 fully saturated rings. The van der Waals surface area contributed by atoms with E-state index in [9.17, 15) is 9.59 Å². The van der Waals surface area contributed by atoms with Crippen molar-refractivity contribution in [2.24, 2.45) is 13.0 Å². The predicted octanol–water partition coefficient (Wildman–Crippen LogP) is 1.32. The first-order chi connectivity index (χ1) is 13.5. The van der Waals surface area contributed by atoms with Gasteiger partial charge in [0.15, 0.2) is 0 Å². The van der Waals surface area contributed by atoms with Crippen LogP contribution in [0.25, 0.3) is 11.0 Å². The number of fused-ring (bicyclic) bond motifs is 5. The maximum absolute atomic E-state index is 13.2. The molecule has 8 nitrogen and oxygen atoms in total. The van der Waals surface area contributed by atoms with E-state index in [4.69, 9.17) is 4.74 Å². The molecule has 150 valence electrons. The van der Waals surface area contributed by atoms with Crippen molar-refractivity contribution >= 4 is 28.8 Å². The van der Waals surface area contributed by atoms with Crippen LogP contribution in [0.4, 0.5) is 5.95 Å². The van der Waals surface area contributed by atoms with Crippen LogP contribution in [0.5, 0.6) is 0 Å². The van der Waals surface area contributed by atoms with Crippen molar-refractivity contribution in [2.75, 3.05) is 45.7 Å². The molecule has 4 heterocycles. The number of hydrogen-bond donors (Lipinski definition) is 1. The number of carbonyl (C=O) groups excluding carboxylic acids is 2. The van der Waals surface area contributed by atoms with Crippen LogP contribution >= 0.6 is 0 Å². The lowest BCUT2D eigenvalue weighted by Crippen LogP contribution is -2.45. The van der Waals surface area contributed by atoms with Crippen LogP contribution in [0.3, 0.4) is 0 Å². The molecule has 2 aromatic rings. The molecule has 2 bridgehead atoms. The molecule has 8 heteroatoms. The highest BCUT2D eigenvalue weighted by molar-refractivity contribution is 5.98. The van der Waals surface area contributed by atoms with Crippen LogP contribution in [0, 0.1) is 5.92 Å². The lowest BCUT2D eigenvalue weighted by Gasteiger charge is -2.32. The van der Waals surface area contributed by atoms with Gasteiger partial charge in [-0.15, -0.1) is 0 Å². The van der Waals surface area contributed by atoms with Crippen LogP contribution in [-0.2, 0) is 16.6 Å². The van der Waals surface area contributed by atoms with Crippen molar-refractivity contribution < 1.29 is 14.3 Å². The minimum atomic E-state index is -0.0807. The molecule has 3 aliphatic rings. The number of anilines is 1. The van der Waals surface area contributed by atoms with E-state index < -0.39 is 0 Å². The van der Waals surface area contributed by atoms with E-state index in [-0.39, 0.29) is 23.8 Å². The van der Waals surface area contributed by atoms with Gasteiger partial charge in [-0.3, -0.25) is 9.59 Å². The molecule has 0 aliphatic carbocycles. The van der Waals surface area contributed by atoms with Crippen molar-refractivity contribution in [3.63, 3.8) is 0 Å². The fraction of sp³-hybridized carbons (Fsp3) is 0.550. The summed E-state index contributed by atoms with van der Waals surface area (Å²) >= 11 is 0. The number of hydrogen-bond acceptors (Lipinski definition) is 5. The smallest absolute Gasteiger partial charge is 0.254 e. The van der Waals surface area contributed by atoms with E-state index in [0.29, 0.717) is 31.8 Å². The summed E-state index contributed by atoms with van der Waals surface area (Å²) in [5.41, 5.74) is 2.35. The van der Waals surface area contributed by atoms with Gasteiger partial charge < -0.3 is 24.4 Å². The molecule has 0 radical (unpaired) electrons. The number of ether oxygens (including phenoxy) is 1. The van der Waals surface area contributed by atoms with Crippen LogP contribution in [0.2, 0.25) is 0 Å². The number of likely N-dealkylation sites (N-methyl/N-ethyl adjacent to an activating group) is 1. The Kier molecular flexibility index (Phi) is 4.97. The van der Waals surface area contributed by atoms with Gasteiger partial charge in [0.2, 0.25) is 11.9 Å². The maximum atomic E-state index is 13.2. The monoisotopic (exact) mass is 385 g/mol. The van der Waals surface area contributed by atoms with E-state index in [0.717, 1.165) is 29.8 Å². The van der Waals surface area contributed by atoms with Gasteiger partial charge in [-0.05, 0) is 31.0 Å². The number of nitrogens with zero attached hydrogens (tertiary/aromatic N) is 4. The third-order valence-corrected chi connectivity index (χ3v) is 5.97. The molecule has 2 amide bonds. The summed E-state index contributed by atoms with van der Waals surface area (Å²) in [7, 11) is 5.46. The number of nitrogens with one attached hydrogen (secondary N) is 1. The first-order valence-corrected chi connectivity index (χ1v) is 9.75. The average Bonchev–Trinajstić information content (AvgIpc) is 2.84. The second kappa shape index (κ2) is 7.43. The molecular weight excluding hydrogens is 358 g/mol. The number of aromatic nitrogens is 2. The third kappa shape index (κ3) is 3.22. The van der Waals surface area contributed by atoms with Gasteiger partial charge in [0.05, 0.1) is 23.6 Å². The highest BCUT2D eigenvalue weighted by Crippen LogP contribution is 2.29. The van der Waals surface area contributed by atoms with Gasteiger partial charge in [0.25, 0.3) is 5.91 Å². The molecule has 28 heavy (non-hydrogen) atoms. The van der Waals surface area contributed by atoms with Crippen LogP contribution in [0.15, 0.2) is 18.2 Å². The SMILES string of the molecule is COCCNc1nc2cc(C(=O)N3C[C@@H]4CC[C@H](C3)N(C)C4=O)ccc2n1C. The Labute approximate surface area is 164 Å². The number of aryl methyl sites for hydroxylation is 1. The molecule has 2 atom stereocenters. The molecule has 5 rings (SSSR count). The minimum absolute atomic E-state index is 0.0264. The summed E-state index contributed by atoms with van der Waals surface area (Å²) in [6.07, 6.45) is 1.83. The van der Waals surface area contributed by atoms with Gasteiger partial charge in [0.1, 0.15) is 0 Å². The summed E-state index contributed by atoms with van der Waals surface area (Å²) in [5.74, 6) is 0.805. The summed E-state index contributed by atoms with van der Waals surface area (Å²) < 4.78 is 7.04. The lowest BCUT2D eigenvalue weighted by molar-refractivity contribution is -0.138. The zero-order valence-corrected chi connectivity index (χ0v) is 16.6. The van der Waals surface area contributed by atoms with Crippen LogP contribution in [-0.4, -0.2) is 77.6 Å². The highest BCUT2D eigenvalue weighted by Gasteiger charge is 2.40.